The van der Waals surface area contributed by atoms with Crippen molar-refractivity contribution in [2.45, 2.75) is 26.2 Å². The van der Waals surface area contributed by atoms with Crippen LogP contribution in [0.15, 0.2) is 36.7 Å². The molecule has 1 aromatic heterocycles. The largest absolute Gasteiger partial charge is 0.378 e. The van der Waals surface area contributed by atoms with Crippen molar-refractivity contribution < 1.29 is 9.53 Å². The number of benzene rings is 1. The summed E-state index contributed by atoms with van der Waals surface area (Å²) < 4.78 is 5.43. The van der Waals surface area contributed by atoms with Crippen LogP contribution in [-0.4, -0.2) is 73.3 Å². The Kier molecular flexibility index (Phi) is 5.90. The summed E-state index contributed by atoms with van der Waals surface area (Å²) in [4.78, 5) is 28.2. The number of ether oxygens (including phenoxy) is 1. The van der Waals surface area contributed by atoms with Gasteiger partial charge >= 0.3 is 0 Å². The van der Waals surface area contributed by atoms with E-state index in [0.29, 0.717) is 13.1 Å². The lowest BCUT2D eigenvalue weighted by molar-refractivity contribution is 0.0746. The third-order valence-corrected chi connectivity index (χ3v) is 5.86. The number of aromatic nitrogens is 2. The molecule has 0 aliphatic carbocycles. The zero-order valence-corrected chi connectivity index (χ0v) is 18.2. The molecular weight excluding hydrogens is 378 g/mol. The molecule has 0 bridgehead atoms. The highest BCUT2D eigenvalue weighted by Crippen LogP contribution is 2.23. The Balaban J connectivity index is 1.37. The first-order valence-electron chi connectivity index (χ1n) is 10.7. The normalized spacial score (nSPS) is 17.9. The van der Waals surface area contributed by atoms with Crippen molar-refractivity contribution >= 4 is 17.5 Å². The van der Waals surface area contributed by atoms with Crippen LogP contribution in [0.1, 0.15) is 36.7 Å². The van der Waals surface area contributed by atoms with Crippen molar-refractivity contribution in [3.8, 4) is 0 Å². The smallest absolute Gasteiger partial charge is 0.253 e. The van der Waals surface area contributed by atoms with E-state index in [2.05, 4.69) is 52.7 Å². The van der Waals surface area contributed by atoms with E-state index in [1.54, 1.807) is 6.33 Å². The minimum absolute atomic E-state index is 0.0881. The van der Waals surface area contributed by atoms with Crippen molar-refractivity contribution in [2.75, 3.05) is 62.3 Å². The van der Waals surface area contributed by atoms with Gasteiger partial charge in [0.25, 0.3) is 5.91 Å². The number of carbonyl (C=O) groups excluding carboxylic acids is 1. The average Bonchev–Trinajstić information content (AvgIpc) is 2.79. The molecule has 30 heavy (non-hydrogen) atoms. The van der Waals surface area contributed by atoms with Crippen LogP contribution in [0.5, 0.6) is 0 Å². The number of amides is 1. The Morgan fingerprint density at radius 1 is 0.867 bits per heavy atom. The SMILES string of the molecule is CC(C)(C)c1ccc(C(=O)N2CCN(c3cc(N4CCOCC4)ncn3)CC2)cc1. The fourth-order valence-corrected chi connectivity index (χ4v) is 3.91. The molecule has 7 heteroatoms. The van der Waals surface area contributed by atoms with Crippen LogP contribution in [0.3, 0.4) is 0 Å². The van der Waals surface area contributed by atoms with Crippen LogP contribution >= 0.6 is 0 Å². The Bertz CT molecular complexity index is 864. The van der Waals surface area contributed by atoms with E-state index in [-0.39, 0.29) is 11.3 Å². The van der Waals surface area contributed by atoms with Gasteiger partial charge in [-0.05, 0) is 23.1 Å². The van der Waals surface area contributed by atoms with Crippen LogP contribution < -0.4 is 9.80 Å². The molecule has 0 unspecified atom stereocenters. The lowest BCUT2D eigenvalue weighted by Gasteiger charge is -2.36. The van der Waals surface area contributed by atoms with Gasteiger partial charge in [0.2, 0.25) is 0 Å². The highest BCUT2D eigenvalue weighted by atomic mass is 16.5. The monoisotopic (exact) mass is 409 g/mol. The summed E-state index contributed by atoms with van der Waals surface area (Å²) in [6.45, 7) is 12.6. The molecule has 160 valence electrons. The van der Waals surface area contributed by atoms with Gasteiger partial charge in [0.1, 0.15) is 18.0 Å². The number of nitrogens with zero attached hydrogens (tertiary/aromatic N) is 5. The predicted molar refractivity (Wildman–Crippen MR) is 118 cm³/mol. The van der Waals surface area contributed by atoms with Crippen molar-refractivity contribution in [3.05, 3.63) is 47.8 Å². The molecule has 0 N–H and O–H groups in total. The van der Waals surface area contributed by atoms with Crippen LogP contribution in [0.2, 0.25) is 0 Å². The third kappa shape index (κ3) is 4.56. The minimum atomic E-state index is 0.0881. The highest BCUT2D eigenvalue weighted by Gasteiger charge is 2.24. The summed E-state index contributed by atoms with van der Waals surface area (Å²) in [6.07, 6.45) is 1.63. The van der Waals surface area contributed by atoms with E-state index in [0.717, 1.165) is 56.6 Å². The van der Waals surface area contributed by atoms with E-state index in [1.165, 1.54) is 5.56 Å². The second-order valence-electron chi connectivity index (χ2n) is 8.94. The fraction of sp³-hybridized carbons (Fsp3) is 0.522. The van der Waals surface area contributed by atoms with Gasteiger partial charge in [-0.3, -0.25) is 4.79 Å². The van der Waals surface area contributed by atoms with Crippen LogP contribution in [0.25, 0.3) is 0 Å². The molecule has 2 aliphatic heterocycles. The lowest BCUT2D eigenvalue weighted by atomic mass is 9.86. The summed E-state index contributed by atoms with van der Waals surface area (Å²) in [5.74, 6) is 1.97. The summed E-state index contributed by atoms with van der Waals surface area (Å²) in [6, 6.07) is 10.1. The zero-order valence-electron chi connectivity index (χ0n) is 18.2. The van der Waals surface area contributed by atoms with E-state index >= 15 is 0 Å². The molecular formula is C23H31N5O2. The Hall–Kier alpha value is -2.67. The molecule has 2 aromatic rings. The summed E-state index contributed by atoms with van der Waals surface area (Å²) in [5, 5.41) is 0. The molecule has 0 atom stereocenters. The van der Waals surface area contributed by atoms with Crippen LogP contribution in [0, 0.1) is 0 Å². The van der Waals surface area contributed by atoms with Crippen molar-refractivity contribution in [3.63, 3.8) is 0 Å². The second kappa shape index (κ2) is 8.60. The molecule has 3 heterocycles. The van der Waals surface area contributed by atoms with Gasteiger partial charge in [0.15, 0.2) is 0 Å². The number of hydrogen-bond donors (Lipinski definition) is 0. The zero-order chi connectivity index (χ0) is 21.1. The number of rotatable bonds is 3. The first-order valence-corrected chi connectivity index (χ1v) is 10.7. The predicted octanol–water partition coefficient (Wildman–Crippen LogP) is 2.57. The van der Waals surface area contributed by atoms with E-state index in [1.807, 2.05) is 23.1 Å². The fourth-order valence-electron chi connectivity index (χ4n) is 3.91. The molecule has 1 amide bonds. The van der Waals surface area contributed by atoms with Crippen molar-refractivity contribution in [2.24, 2.45) is 0 Å². The molecule has 2 aliphatic rings. The van der Waals surface area contributed by atoms with Gasteiger partial charge in [-0.2, -0.15) is 0 Å². The van der Waals surface area contributed by atoms with E-state index < -0.39 is 0 Å². The molecule has 4 rings (SSSR count). The van der Waals surface area contributed by atoms with Crippen molar-refractivity contribution in [1.29, 1.82) is 0 Å². The summed E-state index contributed by atoms with van der Waals surface area (Å²) in [5.41, 5.74) is 2.09. The third-order valence-electron chi connectivity index (χ3n) is 5.86. The van der Waals surface area contributed by atoms with Gasteiger partial charge in [-0.1, -0.05) is 32.9 Å². The Labute approximate surface area is 178 Å². The summed E-state index contributed by atoms with van der Waals surface area (Å²) in [7, 11) is 0. The van der Waals surface area contributed by atoms with Gasteiger partial charge < -0.3 is 19.4 Å². The van der Waals surface area contributed by atoms with E-state index in [4.69, 9.17) is 4.74 Å². The maximum Gasteiger partial charge on any atom is 0.253 e. The maximum absolute atomic E-state index is 12.9. The van der Waals surface area contributed by atoms with E-state index in [9.17, 15) is 4.79 Å². The number of piperazine rings is 1. The first kappa shape index (κ1) is 20.6. The standard InChI is InChI=1S/C23H31N5O2/c1-23(2,3)19-6-4-18(5-7-19)22(29)28-10-8-26(9-11-28)20-16-21(25-17-24-20)27-12-14-30-15-13-27/h4-7,16-17H,8-15H2,1-3H3. The van der Waals surface area contributed by atoms with Gasteiger partial charge in [-0.25, -0.2) is 9.97 Å². The Morgan fingerprint density at radius 3 is 2.00 bits per heavy atom. The summed E-state index contributed by atoms with van der Waals surface area (Å²) >= 11 is 0. The van der Waals surface area contributed by atoms with Gasteiger partial charge in [0, 0.05) is 50.9 Å². The van der Waals surface area contributed by atoms with Crippen molar-refractivity contribution in [1.82, 2.24) is 14.9 Å². The number of carbonyl (C=O) groups is 1. The van der Waals surface area contributed by atoms with Gasteiger partial charge in [0.05, 0.1) is 13.2 Å². The molecule has 2 fully saturated rings. The number of hydrogen-bond acceptors (Lipinski definition) is 6. The topological polar surface area (TPSA) is 61.8 Å². The van der Waals surface area contributed by atoms with Crippen LogP contribution in [-0.2, 0) is 10.2 Å². The molecule has 7 nitrogen and oxygen atoms in total. The number of morpholine rings is 1. The first-order chi connectivity index (χ1) is 14.4. The molecule has 0 saturated carbocycles. The molecule has 0 spiro atoms. The number of anilines is 2. The highest BCUT2D eigenvalue weighted by molar-refractivity contribution is 5.94. The molecule has 2 saturated heterocycles. The maximum atomic E-state index is 12.9. The average molecular weight is 410 g/mol. The van der Waals surface area contributed by atoms with Crippen LogP contribution in [0.4, 0.5) is 11.6 Å². The Morgan fingerprint density at radius 2 is 1.43 bits per heavy atom. The molecule has 0 radical (unpaired) electrons. The van der Waals surface area contributed by atoms with Gasteiger partial charge in [-0.15, -0.1) is 0 Å². The lowest BCUT2D eigenvalue weighted by Crippen LogP contribution is -2.49. The second-order valence-corrected chi connectivity index (χ2v) is 8.94. The quantitative estimate of drug-likeness (QED) is 0.777. The molecule has 1 aromatic carbocycles. The minimum Gasteiger partial charge on any atom is -0.378 e.